The van der Waals surface area contributed by atoms with Gasteiger partial charge in [-0.2, -0.15) is 0 Å². The highest BCUT2D eigenvalue weighted by Crippen LogP contribution is 2.37. The van der Waals surface area contributed by atoms with E-state index >= 15 is 0 Å². The molecule has 0 unspecified atom stereocenters. The number of anilines is 1. The fourth-order valence-corrected chi connectivity index (χ4v) is 4.89. The highest BCUT2D eigenvalue weighted by Gasteiger charge is 2.34. The van der Waals surface area contributed by atoms with Crippen LogP contribution in [-0.4, -0.2) is 59.1 Å². The Morgan fingerprint density at radius 3 is 2.96 bits per heavy atom. The van der Waals surface area contributed by atoms with Crippen LogP contribution in [0.5, 0.6) is 0 Å². The van der Waals surface area contributed by atoms with E-state index in [2.05, 4.69) is 5.32 Å². The average Bonchev–Trinajstić information content (AvgIpc) is 2.61. The molecule has 3 rings (SSSR count). The van der Waals surface area contributed by atoms with E-state index < -0.39 is 5.25 Å². The third-order valence-electron chi connectivity index (χ3n) is 3.95. The lowest BCUT2D eigenvalue weighted by atomic mass is 10.2. The van der Waals surface area contributed by atoms with Crippen LogP contribution in [-0.2, 0) is 19.1 Å². The van der Waals surface area contributed by atoms with E-state index in [1.54, 1.807) is 4.90 Å². The highest BCUT2D eigenvalue weighted by molar-refractivity contribution is 8.01. The summed E-state index contributed by atoms with van der Waals surface area (Å²) in [6.07, 6.45) is 0.128. The fourth-order valence-electron chi connectivity index (χ4n) is 2.66. The SMILES string of the molecule is COC(=O)[C@@H]1CN(C(=O)C[C@@H]2Sc3ccccc3NC2=O)CCS1. The molecule has 0 aliphatic carbocycles. The molecule has 2 atom stereocenters. The number of hydrogen-bond acceptors (Lipinski definition) is 6. The molecule has 2 heterocycles. The number of rotatable bonds is 3. The van der Waals surface area contributed by atoms with Crippen molar-refractivity contribution in [3.05, 3.63) is 24.3 Å². The van der Waals surface area contributed by atoms with Crippen molar-refractivity contribution in [2.45, 2.75) is 21.8 Å². The predicted molar refractivity (Wildman–Crippen MR) is 94.2 cm³/mol. The minimum absolute atomic E-state index is 0.101. The molecule has 0 radical (unpaired) electrons. The van der Waals surface area contributed by atoms with E-state index in [9.17, 15) is 14.4 Å². The molecule has 0 aromatic heterocycles. The summed E-state index contributed by atoms with van der Waals surface area (Å²) in [5, 5.41) is 2.05. The minimum atomic E-state index is -0.446. The van der Waals surface area contributed by atoms with Crippen LogP contribution in [0.1, 0.15) is 6.42 Å². The van der Waals surface area contributed by atoms with E-state index in [1.807, 2.05) is 24.3 Å². The Balaban J connectivity index is 1.62. The predicted octanol–water partition coefficient (Wildman–Crippen LogP) is 1.61. The number of amides is 2. The molecule has 2 amide bonds. The normalized spacial score (nSPS) is 23.2. The van der Waals surface area contributed by atoms with Crippen molar-refractivity contribution < 1.29 is 19.1 Å². The third kappa shape index (κ3) is 3.70. The molecule has 0 saturated carbocycles. The molecule has 0 bridgehead atoms. The Bertz CT molecular complexity index is 667. The Morgan fingerprint density at radius 1 is 1.38 bits per heavy atom. The summed E-state index contributed by atoms with van der Waals surface area (Å²) in [5.41, 5.74) is 0.788. The van der Waals surface area contributed by atoms with Crippen LogP contribution in [0.15, 0.2) is 29.2 Å². The lowest BCUT2D eigenvalue weighted by Gasteiger charge is -2.32. The zero-order chi connectivity index (χ0) is 17.1. The topological polar surface area (TPSA) is 75.7 Å². The molecule has 1 N–H and O–H groups in total. The maximum atomic E-state index is 12.6. The Morgan fingerprint density at radius 2 is 2.17 bits per heavy atom. The monoisotopic (exact) mass is 366 g/mol. The molecule has 128 valence electrons. The first-order valence-corrected chi connectivity index (χ1v) is 9.55. The summed E-state index contributed by atoms with van der Waals surface area (Å²) in [4.78, 5) is 39.1. The first-order valence-electron chi connectivity index (χ1n) is 7.62. The number of ether oxygens (including phenoxy) is 1. The highest BCUT2D eigenvalue weighted by atomic mass is 32.2. The van der Waals surface area contributed by atoms with Crippen LogP contribution in [0, 0.1) is 0 Å². The largest absolute Gasteiger partial charge is 0.468 e. The van der Waals surface area contributed by atoms with Crippen molar-refractivity contribution >= 4 is 47.0 Å². The Kier molecular flexibility index (Phi) is 5.35. The number of thioether (sulfide) groups is 2. The third-order valence-corrected chi connectivity index (χ3v) is 6.39. The minimum Gasteiger partial charge on any atom is -0.468 e. The number of hydrogen-bond donors (Lipinski definition) is 1. The average molecular weight is 366 g/mol. The molecule has 6 nitrogen and oxygen atoms in total. The number of benzene rings is 1. The molecule has 1 saturated heterocycles. The maximum Gasteiger partial charge on any atom is 0.320 e. The van der Waals surface area contributed by atoms with Crippen LogP contribution in [0.4, 0.5) is 5.69 Å². The van der Waals surface area contributed by atoms with Crippen LogP contribution in [0.2, 0.25) is 0 Å². The Hall–Kier alpha value is -1.67. The first-order chi connectivity index (χ1) is 11.6. The van der Waals surface area contributed by atoms with Crippen molar-refractivity contribution in [1.82, 2.24) is 4.90 Å². The van der Waals surface area contributed by atoms with Crippen molar-refractivity contribution in [3.8, 4) is 0 Å². The molecular weight excluding hydrogens is 348 g/mol. The number of carbonyl (C=O) groups excluding carboxylic acids is 3. The molecule has 1 aromatic rings. The van der Waals surface area contributed by atoms with Gasteiger partial charge in [0.05, 0.1) is 18.0 Å². The lowest BCUT2D eigenvalue weighted by molar-refractivity contribution is -0.141. The summed E-state index contributed by atoms with van der Waals surface area (Å²) in [5.74, 6) is 0.133. The summed E-state index contributed by atoms with van der Waals surface area (Å²) in [6.45, 7) is 0.929. The maximum absolute atomic E-state index is 12.6. The van der Waals surface area contributed by atoms with Crippen molar-refractivity contribution in [2.75, 3.05) is 31.3 Å². The molecule has 1 aromatic carbocycles. The summed E-state index contributed by atoms with van der Waals surface area (Å²) in [6, 6.07) is 7.55. The lowest BCUT2D eigenvalue weighted by Crippen LogP contribution is -2.46. The van der Waals surface area contributed by atoms with Gasteiger partial charge in [0.25, 0.3) is 0 Å². The number of nitrogens with zero attached hydrogens (tertiary/aromatic N) is 1. The zero-order valence-electron chi connectivity index (χ0n) is 13.2. The van der Waals surface area contributed by atoms with Crippen LogP contribution >= 0.6 is 23.5 Å². The molecule has 8 heteroatoms. The van der Waals surface area contributed by atoms with Gasteiger partial charge >= 0.3 is 5.97 Å². The molecule has 2 aliphatic rings. The van der Waals surface area contributed by atoms with Gasteiger partial charge in [0.15, 0.2) is 0 Å². The van der Waals surface area contributed by atoms with E-state index in [1.165, 1.54) is 30.6 Å². The van der Waals surface area contributed by atoms with Crippen LogP contribution < -0.4 is 5.32 Å². The van der Waals surface area contributed by atoms with Crippen LogP contribution in [0.3, 0.4) is 0 Å². The van der Waals surface area contributed by atoms with Gasteiger partial charge < -0.3 is 15.0 Å². The van der Waals surface area contributed by atoms with Gasteiger partial charge in [-0.3, -0.25) is 14.4 Å². The van der Waals surface area contributed by atoms with Gasteiger partial charge in [0, 0.05) is 30.2 Å². The standard InChI is InChI=1S/C16H18N2O4S2/c1-22-16(21)13-9-18(6-7-23-13)14(19)8-12-15(20)17-10-4-2-3-5-11(10)24-12/h2-5,12-13H,6-9H2,1H3,(H,17,20)/t12-,13-/m0/s1. The fraction of sp³-hybridized carbons (Fsp3) is 0.438. The van der Waals surface area contributed by atoms with Gasteiger partial charge in [-0.25, -0.2) is 0 Å². The number of para-hydroxylation sites is 1. The number of nitrogens with one attached hydrogen (secondary N) is 1. The van der Waals surface area contributed by atoms with Gasteiger partial charge in [-0.05, 0) is 12.1 Å². The van der Waals surface area contributed by atoms with E-state index in [4.69, 9.17) is 4.74 Å². The van der Waals surface area contributed by atoms with Gasteiger partial charge in [0.2, 0.25) is 11.8 Å². The summed E-state index contributed by atoms with van der Waals surface area (Å²) >= 11 is 2.91. The van der Waals surface area contributed by atoms with Crippen molar-refractivity contribution in [3.63, 3.8) is 0 Å². The summed E-state index contributed by atoms with van der Waals surface area (Å²) in [7, 11) is 1.35. The number of esters is 1. The first kappa shape index (κ1) is 17.2. The molecule has 24 heavy (non-hydrogen) atoms. The molecule has 0 spiro atoms. The van der Waals surface area contributed by atoms with E-state index in [0.29, 0.717) is 18.8 Å². The second kappa shape index (κ2) is 7.48. The van der Waals surface area contributed by atoms with E-state index in [0.717, 1.165) is 10.6 Å². The van der Waals surface area contributed by atoms with Crippen LogP contribution in [0.25, 0.3) is 0 Å². The zero-order valence-corrected chi connectivity index (χ0v) is 14.8. The van der Waals surface area contributed by atoms with Crippen molar-refractivity contribution in [2.24, 2.45) is 0 Å². The number of methoxy groups -OCH3 is 1. The number of fused-ring (bicyclic) bond motifs is 1. The van der Waals surface area contributed by atoms with E-state index in [-0.39, 0.29) is 29.5 Å². The van der Waals surface area contributed by atoms with Crippen molar-refractivity contribution in [1.29, 1.82) is 0 Å². The summed E-state index contributed by atoms with van der Waals surface area (Å²) < 4.78 is 4.76. The number of carbonyl (C=O) groups is 3. The second-order valence-corrected chi connectivity index (χ2v) is 8.07. The van der Waals surface area contributed by atoms with Gasteiger partial charge in [-0.15, -0.1) is 23.5 Å². The molecule has 2 aliphatic heterocycles. The molecule has 1 fully saturated rings. The molecular formula is C16H18N2O4S2. The van der Waals surface area contributed by atoms with Gasteiger partial charge in [-0.1, -0.05) is 12.1 Å². The smallest absolute Gasteiger partial charge is 0.320 e. The Labute approximate surface area is 148 Å². The quantitative estimate of drug-likeness (QED) is 0.819. The van der Waals surface area contributed by atoms with Gasteiger partial charge in [0.1, 0.15) is 5.25 Å². The second-order valence-electron chi connectivity index (χ2n) is 5.52.